The lowest BCUT2D eigenvalue weighted by Gasteiger charge is -2.20. The second-order valence-electron chi connectivity index (χ2n) is 4.70. The number of aromatic nitrogens is 2. The molecule has 0 aliphatic carbocycles. The Balaban J connectivity index is 2.29. The van der Waals surface area contributed by atoms with Gasteiger partial charge in [-0.1, -0.05) is 23.9 Å². The number of nitrogens with two attached hydrogens (primary N) is 1. The van der Waals surface area contributed by atoms with Crippen molar-refractivity contribution in [3.8, 4) is 0 Å². The van der Waals surface area contributed by atoms with Gasteiger partial charge in [-0.2, -0.15) is 5.10 Å². The molecule has 2 rings (SSSR count). The molecule has 0 saturated heterocycles. The Kier molecular flexibility index (Phi) is 4.27. The molecule has 0 amide bonds. The van der Waals surface area contributed by atoms with Crippen LogP contribution in [0, 0.1) is 12.7 Å². The smallest absolute Gasteiger partial charge is 0.123 e. The second-order valence-corrected chi connectivity index (χ2v) is 5.86. The van der Waals surface area contributed by atoms with Gasteiger partial charge in [-0.05, 0) is 37.6 Å². The van der Waals surface area contributed by atoms with Gasteiger partial charge < -0.3 is 5.73 Å². The third-order valence-corrected chi connectivity index (χ3v) is 4.44. The topological polar surface area (TPSA) is 43.8 Å². The molecule has 2 unspecified atom stereocenters. The molecule has 1 heterocycles. The number of nitrogens with zero attached hydrogens (tertiary/aromatic N) is 2. The van der Waals surface area contributed by atoms with Crippen molar-refractivity contribution in [1.82, 2.24) is 9.78 Å². The summed E-state index contributed by atoms with van der Waals surface area (Å²) < 4.78 is 15.2. The number of hydrogen-bond donors (Lipinski definition) is 1. The van der Waals surface area contributed by atoms with Gasteiger partial charge in [0, 0.05) is 13.1 Å². The van der Waals surface area contributed by atoms with Gasteiger partial charge in [-0.15, -0.1) is 0 Å². The molecule has 0 bridgehead atoms. The molecule has 5 heteroatoms. The summed E-state index contributed by atoms with van der Waals surface area (Å²) in [6.45, 7) is 3.89. The summed E-state index contributed by atoms with van der Waals surface area (Å²) >= 11 is 1.61. The number of halogens is 1. The minimum absolute atomic E-state index is 0.00509. The van der Waals surface area contributed by atoms with E-state index in [2.05, 4.69) is 5.10 Å². The van der Waals surface area contributed by atoms with Crippen LogP contribution < -0.4 is 5.73 Å². The first-order valence-corrected chi connectivity index (χ1v) is 7.03. The summed E-state index contributed by atoms with van der Waals surface area (Å²) in [4.78, 5) is 0. The van der Waals surface area contributed by atoms with Gasteiger partial charge in [0.1, 0.15) is 5.82 Å². The van der Waals surface area contributed by atoms with Crippen molar-refractivity contribution in [3.63, 3.8) is 0 Å². The highest BCUT2D eigenvalue weighted by atomic mass is 32.2. The van der Waals surface area contributed by atoms with Crippen LogP contribution in [0.5, 0.6) is 0 Å². The molecule has 0 radical (unpaired) electrons. The van der Waals surface area contributed by atoms with Gasteiger partial charge in [-0.3, -0.25) is 4.68 Å². The minimum atomic E-state index is -0.232. The fraction of sp³-hybridized carbons (Fsp3) is 0.357. The molecule has 2 N–H and O–H groups in total. The lowest BCUT2D eigenvalue weighted by molar-refractivity contribution is 0.621. The Bertz CT molecular complexity index is 566. The van der Waals surface area contributed by atoms with Crippen LogP contribution in [0.2, 0.25) is 0 Å². The van der Waals surface area contributed by atoms with Gasteiger partial charge in [0.2, 0.25) is 0 Å². The molecule has 0 fully saturated rings. The van der Waals surface area contributed by atoms with Gasteiger partial charge in [0.25, 0.3) is 0 Å². The van der Waals surface area contributed by atoms with E-state index in [0.717, 1.165) is 16.3 Å². The number of benzene rings is 1. The van der Waals surface area contributed by atoms with E-state index in [1.807, 2.05) is 37.7 Å². The van der Waals surface area contributed by atoms with E-state index in [1.54, 1.807) is 23.9 Å². The second kappa shape index (κ2) is 5.75. The van der Waals surface area contributed by atoms with E-state index in [1.165, 1.54) is 6.07 Å². The first-order valence-electron chi connectivity index (χ1n) is 6.15. The van der Waals surface area contributed by atoms with Crippen LogP contribution in [-0.2, 0) is 7.05 Å². The van der Waals surface area contributed by atoms with Gasteiger partial charge in [0.15, 0.2) is 0 Å². The Morgan fingerprint density at radius 2 is 2.11 bits per heavy atom. The summed E-state index contributed by atoms with van der Waals surface area (Å²) in [6.07, 6.45) is 0. The Labute approximate surface area is 117 Å². The fourth-order valence-electron chi connectivity index (χ4n) is 1.99. The lowest BCUT2D eigenvalue weighted by atomic mass is 10.1. The molecule has 102 valence electrons. The summed E-state index contributed by atoms with van der Waals surface area (Å²) in [5.41, 5.74) is 7.92. The van der Waals surface area contributed by atoms with Gasteiger partial charge >= 0.3 is 0 Å². The van der Waals surface area contributed by atoms with Crippen molar-refractivity contribution in [2.24, 2.45) is 12.8 Å². The third-order valence-electron chi connectivity index (χ3n) is 2.86. The van der Waals surface area contributed by atoms with E-state index >= 15 is 0 Å². The summed E-state index contributed by atoms with van der Waals surface area (Å²) in [5.74, 6) is -0.232. The van der Waals surface area contributed by atoms with Crippen LogP contribution in [0.4, 0.5) is 4.39 Å². The Morgan fingerprint density at radius 3 is 2.63 bits per heavy atom. The van der Waals surface area contributed by atoms with Crippen molar-refractivity contribution in [2.75, 3.05) is 0 Å². The Hall–Kier alpha value is -1.33. The average Bonchev–Trinajstić information content (AvgIpc) is 2.64. The molecular weight excluding hydrogens is 261 g/mol. The molecule has 1 aromatic heterocycles. The highest BCUT2D eigenvalue weighted by Gasteiger charge is 2.20. The summed E-state index contributed by atoms with van der Waals surface area (Å²) in [5, 5.41) is 5.35. The molecule has 19 heavy (non-hydrogen) atoms. The molecule has 2 atom stereocenters. The standard InChI is InChI=1S/C14H18FN3S/c1-9-7-13(18(3)17-9)19-14(10(2)16)11-5-4-6-12(15)8-11/h4-8,10,14H,16H2,1-3H3. The highest BCUT2D eigenvalue weighted by molar-refractivity contribution is 7.99. The first kappa shape index (κ1) is 14.1. The van der Waals surface area contributed by atoms with E-state index in [0.29, 0.717) is 0 Å². The zero-order valence-electron chi connectivity index (χ0n) is 11.3. The summed E-state index contributed by atoms with van der Waals surface area (Å²) in [7, 11) is 1.90. The van der Waals surface area contributed by atoms with Crippen LogP contribution in [0.3, 0.4) is 0 Å². The molecule has 2 aromatic rings. The van der Waals surface area contributed by atoms with Crippen molar-refractivity contribution >= 4 is 11.8 Å². The third kappa shape index (κ3) is 3.36. The monoisotopic (exact) mass is 279 g/mol. The minimum Gasteiger partial charge on any atom is -0.327 e. The van der Waals surface area contributed by atoms with Crippen LogP contribution in [0.1, 0.15) is 23.4 Å². The average molecular weight is 279 g/mol. The molecular formula is C14H18FN3S. The van der Waals surface area contributed by atoms with Gasteiger partial charge in [0.05, 0.1) is 16.0 Å². The van der Waals surface area contributed by atoms with Crippen molar-refractivity contribution in [3.05, 3.63) is 47.4 Å². The van der Waals surface area contributed by atoms with Crippen molar-refractivity contribution in [1.29, 1.82) is 0 Å². The molecule has 0 saturated carbocycles. The van der Waals surface area contributed by atoms with E-state index in [4.69, 9.17) is 5.73 Å². The molecule has 0 aliphatic heterocycles. The Morgan fingerprint density at radius 1 is 1.37 bits per heavy atom. The number of thioether (sulfide) groups is 1. The van der Waals surface area contributed by atoms with E-state index in [-0.39, 0.29) is 17.1 Å². The van der Waals surface area contributed by atoms with E-state index in [9.17, 15) is 4.39 Å². The van der Waals surface area contributed by atoms with Gasteiger partial charge in [-0.25, -0.2) is 4.39 Å². The van der Waals surface area contributed by atoms with Crippen LogP contribution in [-0.4, -0.2) is 15.8 Å². The predicted octanol–water partition coefficient (Wildman–Crippen LogP) is 3.05. The number of aryl methyl sites for hydroxylation is 2. The zero-order valence-corrected chi connectivity index (χ0v) is 12.1. The quantitative estimate of drug-likeness (QED) is 0.875. The maximum absolute atomic E-state index is 13.3. The fourth-order valence-corrected chi connectivity index (χ4v) is 3.18. The van der Waals surface area contributed by atoms with Crippen LogP contribution in [0.25, 0.3) is 0 Å². The molecule has 0 spiro atoms. The van der Waals surface area contributed by atoms with E-state index < -0.39 is 0 Å². The highest BCUT2D eigenvalue weighted by Crippen LogP contribution is 2.37. The normalized spacial score (nSPS) is 14.4. The number of hydrogen-bond acceptors (Lipinski definition) is 3. The first-order chi connectivity index (χ1) is 8.97. The molecule has 3 nitrogen and oxygen atoms in total. The zero-order chi connectivity index (χ0) is 14.0. The van der Waals surface area contributed by atoms with Crippen molar-refractivity contribution in [2.45, 2.75) is 30.2 Å². The predicted molar refractivity (Wildman–Crippen MR) is 76.6 cm³/mol. The SMILES string of the molecule is Cc1cc(SC(c2cccc(F)c2)C(C)N)n(C)n1. The largest absolute Gasteiger partial charge is 0.327 e. The maximum atomic E-state index is 13.3. The maximum Gasteiger partial charge on any atom is 0.123 e. The van der Waals surface area contributed by atoms with Crippen LogP contribution >= 0.6 is 11.8 Å². The van der Waals surface area contributed by atoms with Crippen LogP contribution in [0.15, 0.2) is 35.4 Å². The molecule has 0 aliphatic rings. The summed E-state index contributed by atoms with van der Waals surface area (Å²) in [6, 6.07) is 8.55. The number of rotatable bonds is 4. The lowest BCUT2D eigenvalue weighted by Crippen LogP contribution is -2.23. The van der Waals surface area contributed by atoms with Crippen molar-refractivity contribution < 1.29 is 4.39 Å². The molecule has 1 aromatic carbocycles.